The molecule has 0 aliphatic carbocycles. The Labute approximate surface area is 87.1 Å². The Hall–Kier alpha value is -0.720. The third-order valence-corrected chi connectivity index (χ3v) is 2.64. The van der Waals surface area contributed by atoms with Gasteiger partial charge in [0.1, 0.15) is 0 Å². The smallest absolute Gasteiger partial charge is 0.0502 e. The van der Waals surface area contributed by atoms with Crippen LogP contribution in [0.3, 0.4) is 0 Å². The van der Waals surface area contributed by atoms with Gasteiger partial charge in [-0.25, -0.2) is 0 Å². The molecule has 2 aromatic rings. The number of hydrogen-bond donors (Lipinski definition) is 0. The summed E-state index contributed by atoms with van der Waals surface area (Å²) in [5.74, 6) is 0. The maximum absolute atomic E-state index is 6.08. The molecule has 0 aliphatic heterocycles. The van der Waals surface area contributed by atoms with Crippen LogP contribution in [-0.2, 0) is 0 Å². The van der Waals surface area contributed by atoms with Crippen LogP contribution in [-0.4, -0.2) is 0 Å². The second-order valence-corrected chi connectivity index (χ2v) is 3.90. The zero-order chi connectivity index (χ0) is 9.42. The van der Waals surface area contributed by atoms with E-state index in [2.05, 4.69) is 6.07 Å². The summed E-state index contributed by atoms with van der Waals surface area (Å²) < 4.78 is 0. The van der Waals surface area contributed by atoms with E-state index in [0.717, 1.165) is 21.4 Å². The molecule has 0 bridgehead atoms. The molecular weight excluding hydrogens is 203 g/mol. The minimum atomic E-state index is 0.711. The number of fused-ring (bicyclic) bond motifs is 1. The monoisotopic (exact) mass is 210 g/mol. The summed E-state index contributed by atoms with van der Waals surface area (Å²) in [6.45, 7) is 2.02. The molecule has 2 rings (SSSR count). The zero-order valence-electron chi connectivity index (χ0n) is 7.14. The van der Waals surface area contributed by atoms with Gasteiger partial charge in [0.05, 0.1) is 5.02 Å². The van der Waals surface area contributed by atoms with Gasteiger partial charge in [-0.1, -0.05) is 41.4 Å². The third-order valence-electron chi connectivity index (χ3n) is 2.02. The first kappa shape index (κ1) is 8.86. The third kappa shape index (κ3) is 1.52. The van der Waals surface area contributed by atoms with Gasteiger partial charge in [-0.2, -0.15) is 0 Å². The standard InChI is InChI=1S/C11H8Cl2/c1-7-5-8-3-2-4-9(12)11(8)10(13)6-7/h2-6H,1H3. The van der Waals surface area contributed by atoms with E-state index in [4.69, 9.17) is 23.2 Å². The lowest BCUT2D eigenvalue weighted by molar-refractivity contribution is 1.51. The second kappa shape index (κ2) is 3.21. The minimum Gasteiger partial charge on any atom is -0.0836 e. The highest BCUT2D eigenvalue weighted by Crippen LogP contribution is 2.31. The lowest BCUT2D eigenvalue weighted by Gasteiger charge is -2.03. The molecule has 0 atom stereocenters. The van der Waals surface area contributed by atoms with E-state index in [1.54, 1.807) is 0 Å². The van der Waals surface area contributed by atoms with Crippen LogP contribution >= 0.6 is 23.2 Å². The average Bonchev–Trinajstić information content (AvgIpc) is 2.02. The van der Waals surface area contributed by atoms with E-state index >= 15 is 0 Å². The van der Waals surface area contributed by atoms with Crippen LogP contribution in [0.4, 0.5) is 0 Å². The predicted octanol–water partition coefficient (Wildman–Crippen LogP) is 4.46. The molecule has 66 valence electrons. The van der Waals surface area contributed by atoms with Crippen molar-refractivity contribution in [3.63, 3.8) is 0 Å². The molecule has 2 aromatic carbocycles. The summed E-state index contributed by atoms with van der Waals surface area (Å²) >= 11 is 12.1. The lowest BCUT2D eigenvalue weighted by atomic mass is 10.1. The fraction of sp³-hybridized carbons (Fsp3) is 0.0909. The molecule has 0 saturated heterocycles. The Balaban J connectivity index is 2.94. The van der Waals surface area contributed by atoms with Crippen LogP contribution in [0.15, 0.2) is 30.3 Å². The molecule has 0 aromatic heterocycles. The highest BCUT2D eigenvalue weighted by Gasteiger charge is 2.03. The molecule has 0 amide bonds. The van der Waals surface area contributed by atoms with Crippen LogP contribution in [0.25, 0.3) is 10.8 Å². The topological polar surface area (TPSA) is 0 Å². The van der Waals surface area contributed by atoms with Crippen LogP contribution in [0.2, 0.25) is 10.0 Å². The van der Waals surface area contributed by atoms with Crippen molar-refractivity contribution >= 4 is 34.0 Å². The van der Waals surface area contributed by atoms with Crippen molar-refractivity contribution in [3.8, 4) is 0 Å². The van der Waals surface area contributed by atoms with E-state index < -0.39 is 0 Å². The van der Waals surface area contributed by atoms with Gasteiger partial charge in [0, 0.05) is 10.4 Å². The summed E-state index contributed by atoms with van der Waals surface area (Å²) in [7, 11) is 0. The molecule has 0 spiro atoms. The number of benzene rings is 2. The molecule has 13 heavy (non-hydrogen) atoms. The van der Waals surface area contributed by atoms with Crippen molar-refractivity contribution in [2.75, 3.05) is 0 Å². The Morgan fingerprint density at radius 2 is 1.77 bits per heavy atom. The van der Waals surface area contributed by atoms with Gasteiger partial charge in [0.15, 0.2) is 0 Å². The molecule has 0 unspecified atom stereocenters. The highest BCUT2D eigenvalue weighted by molar-refractivity contribution is 6.42. The van der Waals surface area contributed by atoms with E-state index in [-0.39, 0.29) is 0 Å². The Bertz CT molecular complexity index is 461. The molecular formula is C11H8Cl2. The van der Waals surface area contributed by atoms with E-state index in [0.29, 0.717) is 5.02 Å². The second-order valence-electron chi connectivity index (χ2n) is 3.08. The van der Waals surface area contributed by atoms with Crippen LogP contribution in [0.5, 0.6) is 0 Å². The fourth-order valence-corrected chi connectivity index (χ4v) is 2.19. The molecule has 0 saturated carbocycles. The first-order chi connectivity index (χ1) is 6.18. The SMILES string of the molecule is Cc1cc(Cl)c2c(Cl)cccc2c1. The Morgan fingerprint density at radius 3 is 2.54 bits per heavy atom. The molecule has 2 heteroatoms. The predicted molar refractivity (Wildman–Crippen MR) is 58.7 cm³/mol. The van der Waals surface area contributed by atoms with Gasteiger partial charge in [-0.05, 0) is 30.0 Å². The summed E-state index contributed by atoms with van der Waals surface area (Å²) in [5.41, 5.74) is 1.15. The fourth-order valence-electron chi connectivity index (χ4n) is 1.47. The van der Waals surface area contributed by atoms with Gasteiger partial charge >= 0.3 is 0 Å². The molecule has 0 N–H and O–H groups in total. The zero-order valence-corrected chi connectivity index (χ0v) is 8.65. The first-order valence-electron chi connectivity index (χ1n) is 4.03. The van der Waals surface area contributed by atoms with Crippen molar-refractivity contribution in [1.29, 1.82) is 0 Å². The molecule has 0 aliphatic rings. The largest absolute Gasteiger partial charge is 0.0836 e. The van der Waals surface area contributed by atoms with Crippen LogP contribution in [0.1, 0.15) is 5.56 Å². The van der Waals surface area contributed by atoms with Crippen molar-refractivity contribution in [1.82, 2.24) is 0 Å². The summed E-state index contributed by atoms with van der Waals surface area (Å²) in [4.78, 5) is 0. The van der Waals surface area contributed by atoms with Gasteiger partial charge in [-0.3, -0.25) is 0 Å². The van der Waals surface area contributed by atoms with Crippen molar-refractivity contribution in [2.24, 2.45) is 0 Å². The van der Waals surface area contributed by atoms with Crippen LogP contribution < -0.4 is 0 Å². The van der Waals surface area contributed by atoms with Gasteiger partial charge < -0.3 is 0 Å². The van der Waals surface area contributed by atoms with Gasteiger partial charge in [0.2, 0.25) is 0 Å². The normalized spacial score (nSPS) is 10.7. The summed E-state index contributed by atoms with van der Waals surface area (Å²) in [6.07, 6.45) is 0. The summed E-state index contributed by atoms with van der Waals surface area (Å²) in [5, 5.41) is 3.47. The number of hydrogen-bond acceptors (Lipinski definition) is 0. The number of rotatable bonds is 0. The average molecular weight is 211 g/mol. The Morgan fingerprint density at radius 1 is 1.00 bits per heavy atom. The van der Waals surface area contributed by atoms with Crippen molar-refractivity contribution in [2.45, 2.75) is 6.92 Å². The van der Waals surface area contributed by atoms with Gasteiger partial charge in [0.25, 0.3) is 0 Å². The minimum absolute atomic E-state index is 0.711. The van der Waals surface area contributed by atoms with Crippen molar-refractivity contribution < 1.29 is 0 Å². The van der Waals surface area contributed by atoms with Crippen LogP contribution in [0, 0.1) is 6.92 Å². The summed E-state index contributed by atoms with van der Waals surface area (Å²) in [6, 6.07) is 9.80. The van der Waals surface area contributed by atoms with Crippen molar-refractivity contribution in [3.05, 3.63) is 45.9 Å². The van der Waals surface area contributed by atoms with E-state index in [1.807, 2.05) is 31.2 Å². The number of halogens is 2. The first-order valence-corrected chi connectivity index (χ1v) is 4.78. The quantitative estimate of drug-likeness (QED) is 0.603. The lowest BCUT2D eigenvalue weighted by Crippen LogP contribution is -1.78. The molecule has 0 radical (unpaired) electrons. The molecule has 0 nitrogen and oxygen atoms in total. The molecule has 0 fully saturated rings. The van der Waals surface area contributed by atoms with E-state index in [9.17, 15) is 0 Å². The Kier molecular flexibility index (Phi) is 2.19. The van der Waals surface area contributed by atoms with E-state index in [1.165, 1.54) is 0 Å². The van der Waals surface area contributed by atoms with Gasteiger partial charge in [-0.15, -0.1) is 0 Å². The number of aryl methyl sites for hydroxylation is 1. The maximum Gasteiger partial charge on any atom is 0.0502 e. The highest BCUT2D eigenvalue weighted by atomic mass is 35.5. The molecule has 0 heterocycles. The maximum atomic E-state index is 6.08.